The molecule has 1 atom stereocenters. The standard InChI is InChI=1S/C14H23NO2/c1-11(2)9-15-14(3,10-16)12-5-7-13(17-4)8-6-12/h5-8,11,15-16H,9-10H2,1-4H3. The smallest absolute Gasteiger partial charge is 0.118 e. The fourth-order valence-corrected chi connectivity index (χ4v) is 1.64. The van der Waals surface area contributed by atoms with Crippen molar-refractivity contribution in [1.29, 1.82) is 0 Å². The molecule has 0 saturated heterocycles. The summed E-state index contributed by atoms with van der Waals surface area (Å²) in [5.74, 6) is 1.39. The van der Waals surface area contributed by atoms with E-state index in [1.807, 2.05) is 31.2 Å². The SMILES string of the molecule is COc1ccc(C(C)(CO)NCC(C)C)cc1. The lowest BCUT2D eigenvalue weighted by atomic mass is 9.92. The molecular weight excluding hydrogens is 214 g/mol. The first-order valence-corrected chi connectivity index (χ1v) is 6.02. The fraction of sp³-hybridized carbons (Fsp3) is 0.571. The topological polar surface area (TPSA) is 41.5 Å². The number of aliphatic hydroxyl groups excluding tert-OH is 1. The Kier molecular flexibility index (Phi) is 4.97. The zero-order valence-corrected chi connectivity index (χ0v) is 11.2. The lowest BCUT2D eigenvalue weighted by Gasteiger charge is -2.30. The Morgan fingerprint density at radius 2 is 1.88 bits per heavy atom. The lowest BCUT2D eigenvalue weighted by molar-refractivity contribution is 0.171. The predicted octanol–water partition coefficient (Wildman–Crippen LogP) is 2.15. The van der Waals surface area contributed by atoms with Crippen LogP contribution in [0.1, 0.15) is 26.3 Å². The average molecular weight is 237 g/mol. The summed E-state index contributed by atoms with van der Waals surface area (Å²) in [6, 6.07) is 7.81. The van der Waals surface area contributed by atoms with Gasteiger partial charge in [0.05, 0.1) is 19.3 Å². The summed E-state index contributed by atoms with van der Waals surface area (Å²) in [5.41, 5.74) is 0.678. The van der Waals surface area contributed by atoms with Gasteiger partial charge >= 0.3 is 0 Å². The van der Waals surface area contributed by atoms with Crippen LogP contribution in [0, 0.1) is 5.92 Å². The van der Waals surface area contributed by atoms with Gasteiger partial charge in [0, 0.05) is 0 Å². The third-order valence-electron chi connectivity index (χ3n) is 2.94. The van der Waals surface area contributed by atoms with Crippen LogP contribution in [0.2, 0.25) is 0 Å². The molecule has 0 aromatic heterocycles. The first-order chi connectivity index (χ1) is 8.01. The first-order valence-electron chi connectivity index (χ1n) is 6.02. The van der Waals surface area contributed by atoms with Gasteiger partial charge in [-0.3, -0.25) is 0 Å². The van der Waals surface area contributed by atoms with Gasteiger partial charge in [-0.15, -0.1) is 0 Å². The van der Waals surface area contributed by atoms with Crippen molar-refractivity contribution in [2.45, 2.75) is 26.3 Å². The summed E-state index contributed by atoms with van der Waals surface area (Å²) < 4.78 is 5.13. The van der Waals surface area contributed by atoms with Crippen molar-refractivity contribution in [3.8, 4) is 5.75 Å². The van der Waals surface area contributed by atoms with Crippen LogP contribution in [-0.2, 0) is 5.54 Å². The summed E-state index contributed by atoms with van der Waals surface area (Å²) in [6.45, 7) is 7.27. The van der Waals surface area contributed by atoms with Crippen LogP contribution in [-0.4, -0.2) is 25.4 Å². The highest BCUT2D eigenvalue weighted by Crippen LogP contribution is 2.23. The maximum atomic E-state index is 9.58. The van der Waals surface area contributed by atoms with Crippen LogP contribution < -0.4 is 10.1 Å². The van der Waals surface area contributed by atoms with Crippen LogP contribution >= 0.6 is 0 Å². The summed E-state index contributed by atoms with van der Waals surface area (Å²) in [4.78, 5) is 0. The highest BCUT2D eigenvalue weighted by Gasteiger charge is 2.25. The Morgan fingerprint density at radius 1 is 1.29 bits per heavy atom. The van der Waals surface area contributed by atoms with Crippen molar-refractivity contribution >= 4 is 0 Å². The van der Waals surface area contributed by atoms with Crippen molar-refractivity contribution in [3.05, 3.63) is 29.8 Å². The number of nitrogens with one attached hydrogen (secondary N) is 1. The molecule has 0 spiro atoms. The minimum atomic E-state index is -0.392. The number of aliphatic hydroxyl groups is 1. The first kappa shape index (κ1) is 14.0. The van der Waals surface area contributed by atoms with Crippen molar-refractivity contribution in [2.75, 3.05) is 20.3 Å². The second-order valence-electron chi connectivity index (χ2n) is 4.99. The average Bonchev–Trinajstić information content (AvgIpc) is 2.36. The van der Waals surface area contributed by atoms with Crippen LogP contribution in [0.4, 0.5) is 0 Å². The molecule has 0 heterocycles. The van der Waals surface area contributed by atoms with Gasteiger partial charge in [0.25, 0.3) is 0 Å². The molecule has 1 aromatic rings. The van der Waals surface area contributed by atoms with Gasteiger partial charge in [-0.05, 0) is 37.1 Å². The van der Waals surface area contributed by atoms with Crippen LogP contribution in [0.3, 0.4) is 0 Å². The summed E-state index contributed by atoms with van der Waals surface area (Å²) in [5, 5.41) is 13.0. The highest BCUT2D eigenvalue weighted by atomic mass is 16.5. The van der Waals surface area contributed by atoms with E-state index >= 15 is 0 Å². The van der Waals surface area contributed by atoms with Gasteiger partial charge in [0.1, 0.15) is 5.75 Å². The molecule has 3 heteroatoms. The number of rotatable bonds is 6. The van der Waals surface area contributed by atoms with Crippen molar-refractivity contribution in [1.82, 2.24) is 5.32 Å². The molecule has 0 radical (unpaired) electrons. The highest BCUT2D eigenvalue weighted by molar-refractivity contribution is 5.31. The van der Waals surface area contributed by atoms with E-state index in [1.165, 1.54) is 0 Å². The molecule has 0 amide bonds. The zero-order valence-electron chi connectivity index (χ0n) is 11.2. The van der Waals surface area contributed by atoms with E-state index in [1.54, 1.807) is 7.11 Å². The van der Waals surface area contributed by atoms with Gasteiger partial charge in [-0.2, -0.15) is 0 Å². The van der Waals surface area contributed by atoms with E-state index < -0.39 is 5.54 Å². The second-order valence-corrected chi connectivity index (χ2v) is 4.99. The molecule has 0 bridgehead atoms. The fourth-order valence-electron chi connectivity index (χ4n) is 1.64. The molecule has 1 aromatic carbocycles. The molecule has 0 aliphatic carbocycles. The maximum absolute atomic E-state index is 9.58. The normalized spacial score (nSPS) is 14.7. The molecule has 0 aliphatic heterocycles. The van der Waals surface area contributed by atoms with E-state index in [0.29, 0.717) is 5.92 Å². The minimum Gasteiger partial charge on any atom is -0.497 e. The molecule has 1 unspecified atom stereocenters. The van der Waals surface area contributed by atoms with Crippen LogP contribution in [0.15, 0.2) is 24.3 Å². The van der Waals surface area contributed by atoms with Crippen LogP contribution in [0.5, 0.6) is 5.75 Å². The van der Waals surface area contributed by atoms with Gasteiger partial charge < -0.3 is 15.2 Å². The Hall–Kier alpha value is -1.06. The number of hydrogen-bond donors (Lipinski definition) is 2. The van der Waals surface area contributed by atoms with Gasteiger partial charge in [0.2, 0.25) is 0 Å². The summed E-state index contributed by atoms with van der Waals surface area (Å²) >= 11 is 0. The Morgan fingerprint density at radius 3 is 2.29 bits per heavy atom. The van der Waals surface area contributed by atoms with E-state index in [-0.39, 0.29) is 6.61 Å². The Labute approximate surface area is 104 Å². The van der Waals surface area contributed by atoms with Gasteiger partial charge in [0.15, 0.2) is 0 Å². The van der Waals surface area contributed by atoms with E-state index in [9.17, 15) is 5.11 Å². The quantitative estimate of drug-likeness (QED) is 0.796. The van der Waals surface area contributed by atoms with Crippen LogP contribution in [0.25, 0.3) is 0 Å². The maximum Gasteiger partial charge on any atom is 0.118 e. The number of hydrogen-bond acceptors (Lipinski definition) is 3. The molecule has 17 heavy (non-hydrogen) atoms. The third-order valence-corrected chi connectivity index (χ3v) is 2.94. The van der Waals surface area contributed by atoms with Gasteiger partial charge in [-0.1, -0.05) is 26.0 Å². The molecule has 3 nitrogen and oxygen atoms in total. The molecule has 2 N–H and O–H groups in total. The Balaban J connectivity index is 2.83. The van der Waals surface area contributed by atoms with E-state index in [2.05, 4.69) is 19.2 Å². The third kappa shape index (κ3) is 3.72. The predicted molar refractivity (Wildman–Crippen MR) is 70.3 cm³/mol. The van der Waals surface area contributed by atoms with Crippen molar-refractivity contribution in [2.24, 2.45) is 5.92 Å². The Bertz CT molecular complexity index is 335. The molecule has 96 valence electrons. The number of benzene rings is 1. The molecule has 0 saturated carbocycles. The number of ether oxygens (including phenoxy) is 1. The molecule has 0 aliphatic rings. The van der Waals surface area contributed by atoms with E-state index in [4.69, 9.17) is 4.74 Å². The summed E-state index contributed by atoms with van der Waals surface area (Å²) in [6.07, 6.45) is 0. The zero-order chi connectivity index (χ0) is 12.9. The molecule has 0 fully saturated rings. The van der Waals surface area contributed by atoms with Gasteiger partial charge in [-0.25, -0.2) is 0 Å². The van der Waals surface area contributed by atoms with Crippen molar-refractivity contribution < 1.29 is 9.84 Å². The minimum absolute atomic E-state index is 0.0754. The molecule has 1 rings (SSSR count). The largest absolute Gasteiger partial charge is 0.497 e. The lowest BCUT2D eigenvalue weighted by Crippen LogP contribution is -2.44. The second kappa shape index (κ2) is 6.03. The monoisotopic (exact) mass is 237 g/mol. The summed E-state index contributed by atoms with van der Waals surface area (Å²) in [7, 11) is 1.65. The van der Waals surface area contributed by atoms with E-state index in [0.717, 1.165) is 17.9 Å². The number of methoxy groups -OCH3 is 1. The van der Waals surface area contributed by atoms with Crippen molar-refractivity contribution in [3.63, 3.8) is 0 Å². The molecular formula is C14H23NO2.